The first-order chi connectivity index (χ1) is 5.24. The maximum absolute atomic E-state index is 10.8. The smallest absolute Gasteiger partial charge is 0.126 e. The first-order valence-electron chi connectivity index (χ1n) is 4.27. The normalized spacial score (nSPS) is 11.5. The van der Waals surface area contributed by atoms with E-state index in [9.17, 15) is 4.79 Å². The second kappa shape index (κ2) is 5.59. The first kappa shape index (κ1) is 11.0. The molecule has 0 radical (unpaired) electrons. The van der Waals surface area contributed by atoms with Gasteiger partial charge in [-0.1, -0.05) is 13.8 Å². The second-order valence-corrected chi connectivity index (χ2v) is 3.36. The van der Waals surface area contributed by atoms with Crippen LogP contribution in [0.5, 0.6) is 0 Å². The Balaban J connectivity index is 3.94. The predicted molar refractivity (Wildman–Crippen MR) is 49.0 cm³/mol. The summed E-state index contributed by atoms with van der Waals surface area (Å²) in [5.74, 6) is 0.662. The van der Waals surface area contributed by atoms with Crippen molar-refractivity contribution in [1.29, 1.82) is 0 Å². The van der Waals surface area contributed by atoms with Crippen LogP contribution in [-0.2, 0) is 4.79 Å². The third kappa shape index (κ3) is 3.24. The van der Waals surface area contributed by atoms with E-state index in [0.29, 0.717) is 5.88 Å². The van der Waals surface area contributed by atoms with Crippen molar-refractivity contribution in [2.45, 2.75) is 39.5 Å². The molecule has 0 spiro atoms. The zero-order valence-electron chi connectivity index (χ0n) is 7.40. The fourth-order valence-corrected chi connectivity index (χ4v) is 1.38. The molecule has 0 fully saturated rings. The largest absolute Gasteiger partial charge is 0.303 e. The molecule has 0 aliphatic heterocycles. The Morgan fingerprint density at radius 1 is 1.36 bits per heavy atom. The minimum Gasteiger partial charge on any atom is -0.303 e. The summed E-state index contributed by atoms with van der Waals surface area (Å²) in [5.41, 5.74) is -0.0884. The molecule has 0 saturated carbocycles. The highest BCUT2D eigenvalue weighted by Crippen LogP contribution is 2.29. The van der Waals surface area contributed by atoms with Crippen LogP contribution < -0.4 is 0 Å². The van der Waals surface area contributed by atoms with E-state index in [1.807, 2.05) is 0 Å². The van der Waals surface area contributed by atoms with Gasteiger partial charge in [-0.15, -0.1) is 11.6 Å². The maximum Gasteiger partial charge on any atom is 0.126 e. The third-order valence-electron chi connectivity index (χ3n) is 2.47. The van der Waals surface area contributed by atoms with Crippen LogP contribution in [0.2, 0.25) is 0 Å². The summed E-state index contributed by atoms with van der Waals surface area (Å²) in [4.78, 5) is 10.8. The highest BCUT2D eigenvalue weighted by molar-refractivity contribution is 6.17. The van der Waals surface area contributed by atoms with Crippen molar-refractivity contribution in [1.82, 2.24) is 0 Å². The molecule has 1 nitrogen and oxygen atoms in total. The van der Waals surface area contributed by atoms with Gasteiger partial charge in [0, 0.05) is 11.3 Å². The summed E-state index contributed by atoms with van der Waals surface area (Å²) >= 11 is 5.56. The number of aldehydes is 1. The van der Waals surface area contributed by atoms with Gasteiger partial charge in [0.15, 0.2) is 0 Å². The average Bonchev–Trinajstić information content (AvgIpc) is 2.08. The van der Waals surface area contributed by atoms with Crippen LogP contribution in [0.25, 0.3) is 0 Å². The molecule has 0 aromatic carbocycles. The van der Waals surface area contributed by atoms with Crippen molar-refractivity contribution in [2.75, 3.05) is 5.88 Å². The highest BCUT2D eigenvalue weighted by atomic mass is 35.5. The van der Waals surface area contributed by atoms with Gasteiger partial charge in [-0.3, -0.25) is 0 Å². The summed E-state index contributed by atoms with van der Waals surface area (Å²) in [6.45, 7) is 4.12. The van der Waals surface area contributed by atoms with Crippen LogP contribution in [-0.4, -0.2) is 12.2 Å². The third-order valence-corrected chi connectivity index (χ3v) is 2.73. The topological polar surface area (TPSA) is 17.1 Å². The summed E-state index contributed by atoms with van der Waals surface area (Å²) in [6, 6.07) is 0. The van der Waals surface area contributed by atoms with Crippen molar-refractivity contribution < 1.29 is 4.79 Å². The summed E-state index contributed by atoms with van der Waals surface area (Å²) in [5, 5.41) is 0. The molecule has 0 heterocycles. The monoisotopic (exact) mass is 176 g/mol. The Bertz CT molecular complexity index is 108. The molecule has 0 aromatic heterocycles. The molecular weight excluding hydrogens is 160 g/mol. The molecule has 0 atom stereocenters. The Morgan fingerprint density at radius 3 is 2.18 bits per heavy atom. The lowest BCUT2D eigenvalue weighted by molar-refractivity contribution is -0.117. The summed E-state index contributed by atoms with van der Waals surface area (Å²) in [6.07, 6.45) is 4.85. The van der Waals surface area contributed by atoms with Gasteiger partial charge in [0.25, 0.3) is 0 Å². The summed E-state index contributed by atoms with van der Waals surface area (Å²) in [7, 11) is 0. The standard InChI is InChI=1S/C9H17ClO/c1-3-9(4-2,8-11)6-5-7-10/h8H,3-7H2,1-2H3. The number of rotatable bonds is 6. The van der Waals surface area contributed by atoms with E-state index in [1.165, 1.54) is 0 Å². The molecule has 0 aliphatic rings. The zero-order chi connectivity index (χ0) is 8.74. The number of carbonyl (C=O) groups is 1. The van der Waals surface area contributed by atoms with Gasteiger partial charge in [0.2, 0.25) is 0 Å². The Labute approximate surface area is 74.1 Å². The quantitative estimate of drug-likeness (QED) is 0.449. The lowest BCUT2D eigenvalue weighted by Gasteiger charge is -2.23. The van der Waals surface area contributed by atoms with E-state index >= 15 is 0 Å². The van der Waals surface area contributed by atoms with Gasteiger partial charge in [-0.25, -0.2) is 0 Å². The number of alkyl halides is 1. The molecule has 66 valence electrons. The molecule has 0 bridgehead atoms. The number of carbonyl (C=O) groups excluding carboxylic acids is 1. The predicted octanol–water partition coefficient (Wildman–Crippen LogP) is 3.01. The van der Waals surface area contributed by atoms with E-state index in [0.717, 1.165) is 32.0 Å². The van der Waals surface area contributed by atoms with Crippen LogP contribution in [0.1, 0.15) is 39.5 Å². The van der Waals surface area contributed by atoms with Gasteiger partial charge in [-0.05, 0) is 25.7 Å². The van der Waals surface area contributed by atoms with Crippen LogP contribution in [0.3, 0.4) is 0 Å². The van der Waals surface area contributed by atoms with E-state index in [1.54, 1.807) is 0 Å². The molecule has 0 unspecified atom stereocenters. The van der Waals surface area contributed by atoms with Gasteiger partial charge in [0.1, 0.15) is 6.29 Å². The van der Waals surface area contributed by atoms with Gasteiger partial charge < -0.3 is 4.79 Å². The fraction of sp³-hybridized carbons (Fsp3) is 0.889. The molecule has 2 heteroatoms. The fourth-order valence-electron chi connectivity index (χ4n) is 1.25. The van der Waals surface area contributed by atoms with Crippen molar-refractivity contribution in [3.63, 3.8) is 0 Å². The molecule has 0 amide bonds. The van der Waals surface area contributed by atoms with E-state index in [2.05, 4.69) is 13.8 Å². The SMILES string of the molecule is CCC(C=O)(CC)CCCCl. The minimum absolute atomic E-state index is 0.0884. The first-order valence-corrected chi connectivity index (χ1v) is 4.80. The van der Waals surface area contributed by atoms with Crippen LogP contribution in [0.15, 0.2) is 0 Å². The van der Waals surface area contributed by atoms with Gasteiger partial charge in [-0.2, -0.15) is 0 Å². The number of hydrogen-bond donors (Lipinski definition) is 0. The van der Waals surface area contributed by atoms with E-state index < -0.39 is 0 Å². The van der Waals surface area contributed by atoms with Crippen molar-refractivity contribution in [3.8, 4) is 0 Å². The Kier molecular flexibility index (Phi) is 5.57. The minimum atomic E-state index is -0.0884. The lowest BCUT2D eigenvalue weighted by atomic mass is 9.80. The van der Waals surface area contributed by atoms with Crippen LogP contribution >= 0.6 is 11.6 Å². The maximum atomic E-state index is 10.8. The molecule has 0 saturated heterocycles. The van der Waals surface area contributed by atoms with Gasteiger partial charge in [0.05, 0.1) is 0 Å². The Hall–Kier alpha value is -0.0400. The Morgan fingerprint density at radius 2 is 1.91 bits per heavy atom. The molecule has 0 aliphatic carbocycles. The lowest BCUT2D eigenvalue weighted by Crippen LogP contribution is -2.20. The zero-order valence-corrected chi connectivity index (χ0v) is 8.16. The number of hydrogen-bond acceptors (Lipinski definition) is 1. The molecular formula is C9H17ClO. The molecule has 0 N–H and O–H groups in total. The van der Waals surface area contributed by atoms with Gasteiger partial charge >= 0.3 is 0 Å². The van der Waals surface area contributed by atoms with E-state index in [-0.39, 0.29) is 5.41 Å². The second-order valence-electron chi connectivity index (χ2n) is 2.98. The van der Waals surface area contributed by atoms with Crippen molar-refractivity contribution in [2.24, 2.45) is 5.41 Å². The summed E-state index contributed by atoms with van der Waals surface area (Å²) < 4.78 is 0. The highest BCUT2D eigenvalue weighted by Gasteiger charge is 2.24. The van der Waals surface area contributed by atoms with Crippen molar-refractivity contribution >= 4 is 17.9 Å². The molecule has 0 aromatic rings. The van der Waals surface area contributed by atoms with Crippen molar-refractivity contribution in [3.05, 3.63) is 0 Å². The molecule has 11 heavy (non-hydrogen) atoms. The average molecular weight is 177 g/mol. The van der Waals surface area contributed by atoms with Crippen LogP contribution in [0, 0.1) is 5.41 Å². The van der Waals surface area contributed by atoms with Crippen LogP contribution in [0.4, 0.5) is 0 Å². The number of halogens is 1. The van der Waals surface area contributed by atoms with E-state index in [4.69, 9.17) is 11.6 Å². The molecule has 0 rings (SSSR count).